The van der Waals surface area contributed by atoms with Crippen LogP contribution in [0.4, 0.5) is 10.1 Å². The maximum atomic E-state index is 13.4. The van der Waals surface area contributed by atoms with Gasteiger partial charge in [0, 0.05) is 33.7 Å². The molecule has 2 aromatic carbocycles. The third-order valence-corrected chi connectivity index (χ3v) is 4.53. The van der Waals surface area contributed by atoms with Crippen LogP contribution in [-0.4, -0.2) is 50.6 Å². The van der Waals surface area contributed by atoms with Crippen LogP contribution in [0.2, 0.25) is 0 Å². The van der Waals surface area contributed by atoms with E-state index in [1.807, 2.05) is 42.3 Å². The lowest BCUT2D eigenvalue weighted by Crippen LogP contribution is -2.42. The molecular weight excluding hydrogens is 359 g/mol. The van der Waals surface area contributed by atoms with E-state index < -0.39 is 0 Å². The van der Waals surface area contributed by atoms with Gasteiger partial charge in [0.1, 0.15) is 11.6 Å². The first-order valence-electron chi connectivity index (χ1n) is 9.27. The van der Waals surface area contributed by atoms with Crippen molar-refractivity contribution < 1.29 is 13.9 Å². The Labute approximate surface area is 164 Å². The van der Waals surface area contributed by atoms with Crippen LogP contribution in [-0.2, 0) is 11.3 Å². The fourth-order valence-electron chi connectivity index (χ4n) is 3.21. The molecule has 3 rings (SSSR count). The zero-order chi connectivity index (χ0) is 19.9. The highest BCUT2D eigenvalue weighted by atomic mass is 19.1. The smallest absolute Gasteiger partial charge is 0.265 e. The molecular formula is C21H25FN4O2. The Balaban J connectivity index is 1.50. The number of guanidine groups is 1. The van der Waals surface area contributed by atoms with Gasteiger partial charge < -0.3 is 19.9 Å². The van der Waals surface area contributed by atoms with E-state index in [0.717, 1.165) is 29.4 Å². The van der Waals surface area contributed by atoms with Gasteiger partial charge in [-0.2, -0.15) is 0 Å². The number of carbonyl (C=O) groups excluding carboxylic acids is 1. The maximum Gasteiger partial charge on any atom is 0.265 e. The zero-order valence-electron chi connectivity index (χ0n) is 16.2. The summed E-state index contributed by atoms with van der Waals surface area (Å²) in [6.45, 7) is 1.87. The highest BCUT2D eigenvalue weighted by molar-refractivity contribution is 5.97. The third-order valence-electron chi connectivity index (χ3n) is 4.53. The van der Waals surface area contributed by atoms with Crippen molar-refractivity contribution >= 4 is 17.6 Å². The van der Waals surface area contributed by atoms with Crippen LogP contribution in [0.5, 0.6) is 5.75 Å². The van der Waals surface area contributed by atoms with Crippen LogP contribution in [0.25, 0.3) is 0 Å². The fraction of sp³-hybridized carbons (Fsp3) is 0.333. The maximum absolute atomic E-state index is 13.4. The van der Waals surface area contributed by atoms with Gasteiger partial charge in [0.05, 0.1) is 5.69 Å². The summed E-state index contributed by atoms with van der Waals surface area (Å²) in [5.74, 6) is 1.18. The molecule has 0 spiro atoms. The van der Waals surface area contributed by atoms with Crippen molar-refractivity contribution in [1.29, 1.82) is 0 Å². The summed E-state index contributed by atoms with van der Waals surface area (Å²) in [7, 11) is 3.62. The number of carbonyl (C=O) groups is 1. The van der Waals surface area contributed by atoms with Crippen LogP contribution in [0.15, 0.2) is 53.5 Å². The minimum absolute atomic E-state index is 0.0358. The summed E-state index contributed by atoms with van der Waals surface area (Å²) in [5, 5.41) is 3.30. The Morgan fingerprint density at radius 1 is 1.29 bits per heavy atom. The molecule has 0 aromatic heterocycles. The van der Waals surface area contributed by atoms with E-state index in [1.165, 1.54) is 12.1 Å². The van der Waals surface area contributed by atoms with Crippen LogP contribution >= 0.6 is 0 Å². The molecule has 1 N–H and O–H groups in total. The highest BCUT2D eigenvalue weighted by Crippen LogP contribution is 2.31. The van der Waals surface area contributed by atoms with E-state index in [4.69, 9.17) is 4.74 Å². The number of hydrogen-bond acceptors (Lipinski definition) is 3. The lowest BCUT2D eigenvalue weighted by atomic mass is 10.2. The van der Waals surface area contributed by atoms with Gasteiger partial charge >= 0.3 is 0 Å². The van der Waals surface area contributed by atoms with E-state index in [9.17, 15) is 9.18 Å². The number of nitrogens with zero attached hydrogens (tertiary/aromatic N) is 3. The monoisotopic (exact) mass is 384 g/mol. The van der Waals surface area contributed by atoms with Crippen molar-refractivity contribution in [3.05, 3.63) is 59.9 Å². The molecule has 0 saturated heterocycles. The number of ether oxygens (including phenoxy) is 1. The van der Waals surface area contributed by atoms with E-state index >= 15 is 0 Å². The van der Waals surface area contributed by atoms with E-state index in [-0.39, 0.29) is 18.3 Å². The van der Waals surface area contributed by atoms with Gasteiger partial charge in [0.25, 0.3) is 5.91 Å². The predicted molar refractivity (Wildman–Crippen MR) is 108 cm³/mol. The number of halogens is 1. The second kappa shape index (κ2) is 9.21. The summed E-state index contributed by atoms with van der Waals surface area (Å²) in [6.07, 6.45) is 0.757. The number of anilines is 1. The van der Waals surface area contributed by atoms with Crippen LogP contribution in [0.1, 0.15) is 12.0 Å². The number of fused-ring (bicyclic) bond motifs is 1. The summed E-state index contributed by atoms with van der Waals surface area (Å²) < 4.78 is 18.8. The molecule has 6 nitrogen and oxygen atoms in total. The van der Waals surface area contributed by atoms with E-state index in [2.05, 4.69) is 10.3 Å². The number of hydrogen-bond donors (Lipinski definition) is 1. The highest BCUT2D eigenvalue weighted by Gasteiger charge is 2.24. The second-order valence-corrected chi connectivity index (χ2v) is 6.62. The van der Waals surface area contributed by atoms with Crippen molar-refractivity contribution in [3.63, 3.8) is 0 Å². The average molecular weight is 384 g/mol. The minimum atomic E-state index is -0.246. The summed E-state index contributed by atoms with van der Waals surface area (Å²) in [6, 6.07) is 14.1. The molecule has 148 valence electrons. The van der Waals surface area contributed by atoms with Gasteiger partial charge in [-0.15, -0.1) is 0 Å². The molecule has 0 aliphatic carbocycles. The number of aliphatic imine (C=N–C) groups is 1. The SMILES string of the molecule is CN=C(NCCCN1C(=O)COc2ccccc21)N(C)Cc1cccc(F)c1. The number of para-hydroxylation sites is 2. The van der Waals surface area contributed by atoms with E-state index in [1.54, 1.807) is 18.0 Å². The second-order valence-electron chi connectivity index (χ2n) is 6.62. The van der Waals surface area contributed by atoms with E-state index in [0.29, 0.717) is 19.6 Å². The molecule has 0 radical (unpaired) electrons. The minimum Gasteiger partial charge on any atom is -0.482 e. The Morgan fingerprint density at radius 3 is 2.89 bits per heavy atom. The van der Waals surface area contributed by atoms with Crippen molar-refractivity contribution in [2.75, 3.05) is 38.7 Å². The standard InChI is InChI=1S/C21H25FN4O2/c1-23-21(25(2)14-16-7-5-8-17(22)13-16)24-11-6-12-26-18-9-3-4-10-19(18)28-15-20(26)27/h3-5,7-10,13H,6,11-12,14-15H2,1-2H3,(H,23,24). The van der Waals surface area contributed by atoms with Crippen molar-refractivity contribution in [2.24, 2.45) is 4.99 Å². The van der Waals surface area contributed by atoms with Gasteiger partial charge in [0.2, 0.25) is 0 Å². The number of benzene rings is 2. The van der Waals surface area contributed by atoms with Gasteiger partial charge in [-0.25, -0.2) is 4.39 Å². The Kier molecular flexibility index (Phi) is 6.47. The van der Waals surface area contributed by atoms with Crippen molar-refractivity contribution in [2.45, 2.75) is 13.0 Å². The fourth-order valence-corrected chi connectivity index (χ4v) is 3.21. The lowest BCUT2D eigenvalue weighted by molar-refractivity contribution is -0.121. The molecule has 7 heteroatoms. The average Bonchev–Trinajstić information content (AvgIpc) is 2.69. The third kappa shape index (κ3) is 4.79. The van der Waals surface area contributed by atoms with Crippen LogP contribution in [0, 0.1) is 5.82 Å². The topological polar surface area (TPSA) is 57.2 Å². The van der Waals surface area contributed by atoms with Gasteiger partial charge in [0.15, 0.2) is 12.6 Å². The molecule has 1 amide bonds. The molecule has 0 fully saturated rings. The molecule has 0 bridgehead atoms. The summed E-state index contributed by atoms with van der Waals surface area (Å²) in [5.41, 5.74) is 1.69. The molecule has 1 aliphatic heterocycles. The number of amides is 1. The molecule has 1 heterocycles. The predicted octanol–water partition coefficient (Wildman–Crippen LogP) is 2.65. The molecule has 0 saturated carbocycles. The molecule has 2 aromatic rings. The van der Waals surface area contributed by atoms with Crippen molar-refractivity contribution in [1.82, 2.24) is 10.2 Å². The zero-order valence-corrected chi connectivity index (χ0v) is 16.2. The van der Waals surface area contributed by atoms with Gasteiger partial charge in [-0.05, 0) is 36.2 Å². The Morgan fingerprint density at radius 2 is 2.11 bits per heavy atom. The first kappa shape index (κ1) is 19.7. The van der Waals surface area contributed by atoms with Gasteiger partial charge in [-0.3, -0.25) is 9.79 Å². The molecule has 1 aliphatic rings. The first-order chi connectivity index (χ1) is 13.6. The normalized spacial score (nSPS) is 13.8. The van der Waals surface area contributed by atoms with Crippen molar-refractivity contribution in [3.8, 4) is 5.75 Å². The number of rotatable bonds is 6. The lowest BCUT2D eigenvalue weighted by Gasteiger charge is -2.29. The van der Waals surface area contributed by atoms with Crippen LogP contribution in [0.3, 0.4) is 0 Å². The number of nitrogens with one attached hydrogen (secondary N) is 1. The first-order valence-corrected chi connectivity index (χ1v) is 9.27. The quantitative estimate of drug-likeness (QED) is 0.473. The van der Waals surface area contributed by atoms with Crippen LogP contribution < -0.4 is 15.0 Å². The Bertz CT molecular complexity index is 856. The van der Waals surface area contributed by atoms with Gasteiger partial charge in [-0.1, -0.05) is 24.3 Å². The molecule has 0 unspecified atom stereocenters. The Hall–Kier alpha value is -3.09. The summed E-state index contributed by atoms with van der Waals surface area (Å²) in [4.78, 5) is 20.2. The molecule has 0 atom stereocenters. The summed E-state index contributed by atoms with van der Waals surface area (Å²) >= 11 is 0. The largest absolute Gasteiger partial charge is 0.482 e. The molecule has 28 heavy (non-hydrogen) atoms.